The first-order chi connectivity index (χ1) is 8.24. The highest BCUT2D eigenvalue weighted by Gasteiger charge is 2.58. The van der Waals surface area contributed by atoms with E-state index in [0.29, 0.717) is 5.92 Å². The molecule has 2 fully saturated rings. The SMILES string of the molecule is CC(C)(C)NC(=O)[C@H](CC1CC1)C1(C(N)=O)CC1. The molecule has 3 N–H and O–H groups in total. The van der Waals surface area contributed by atoms with Gasteiger partial charge in [-0.05, 0) is 46.0 Å². The second-order valence-electron chi connectivity index (χ2n) is 6.99. The minimum Gasteiger partial charge on any atom is -0.369 e. The van der Waals surface area contributed by atoms with E-state index < -0.39 is 5.41 Å². The Balaban J connectivity index is 2.10. The summed E-state index contributed by atoms with van der Waals surface area (Å²) in [5.74, 6) is 0.113. The van der Waals surface area contributed by atoms with E-state index in [-0.39, 0.29) is 23.3 Å². The van der Waals surface area contributed by atoms with E-state index in [4.69, 9.17) is 5.73 Å². The van der Waals surface area contributed by atoms with Crippen molar-refractivity contribution in [3.63, 3.8) is 0 Å². The van der Waals surface area contributed by atoms with Gasteiger partial charge in [-0.2, -0.15) is 0 Å². The van der Waals surface area contributed by atoms with Crippen LogP contribution in [0.15, 0.2) is 0 Å². The van der Waals surface area contributed by atoms with Crippen LogP contribution in [0.4, 0.5) is 0 Å². The number of carbonyl (C=O) groups is 2. The lowest BCUT2D eigenvalue weighted by Crippen LogP contribution is -2.48. The topological polar surface area (TPSA) is 72.2 Å². The Morgan fingerprint density at radius 3 is 2.22 bits per heavy atom. The van der Waals surface area contributed by atoms with Gasteiger partial charge in [0.05, 0.1) is 11.3 Å². The van der Waals surface area contributed by atoms with Crippen LogP contribution in [0, 0.1) is 17.3 Å². The second-order valence-corrected chi connectivity index (χ2v) is 6.99. The molecule has 1 atom stereocenters. The van der Waals surface area contributed by atoms with Gasteiger partial charge >= 0.3 is 0 Å². The third-order valence-electron chi connectivity index (χ3n) is 4.03. The summed E-state index contributed by atoms with van der Waals surface area (Å²) in [5.41, 5.74) is 4.71. The number of hydrogen-bond acceptors (Lipinski definition) is 2. The first-order valence-corrected chi connectivity index (χ1v) is 6.86. The first kappa shape index (κ1) is 13.4. The van der Waals surface area contributed by atoms with Crippen molar-refractivity contribution in [3.8, 4) is 0 Å². The van der Waals surface area contributed by atoms with Crippen LogP contribution in [0.25, 0.3) is 0 Å². The number of nitrogens with one attached hydrogen (secondary N) is 1. The molecule has 2 amide bonds. The third kappa shape index (κ3) is 2.85. The van der Waals surface area contributed by atoms with Crippen LogP contribution in [0.5, 0.6) is 0 Å². The van der Waals surface area contributed by atoms with Gasteiger partial charge in [-0.1, -0.05) is 12.8 Å². The fourth-order valence-corrected chi connectivity index (χ4v) is 2.63. The molecule has 0 bridgehead atoms. The van der Waals surface area contributed by atoms with Gasteiger partial charge in [0.15, 0.2) is 0 Å². The number of primary amides is 1. The maximum absolute atomic E-state index is 12.4. The molecule has 2 aliphatic carbocycles. The summed E-state index contributed by atoms with van der Waals surface area (Å²) in [7, 11) is 0. The molecule has 102 valence electrons. The molecular formula is C14H24N2O2. The van der Waals surface area contributed by atoms with Crippen molar-refractivity contribution in [1.82, 2.24) is 5.32 Å². The molecule has 2 saturated carbocycles. The van der Waals surface area contributed by atoms with Gasteiger partial charge in [-0.25, -0.2) is 0 Å². The van der Waals surface area contributed by atoms with Crippen LogP contribution in [-0.2, 0) is 9.59 Å². The van der Waals surface area contributed by atoms with Crippen molar-refractivity contribution >= 4 is 11.8 Å². The van der Waals surface area contributed by atoms with E-state index in [2.05, 4.69) is 5.32 Å². The average Bonchev–Trinajstić information content (AvgIpc) is 3.06. The summed E-state index contributed by atoms with van der Waals surface area (Å²) in [5, 5.41) is 3.01. The Labute approximate surface area is 109 Å². The fraction of sp³-hybridized carbons (Fsp3) is 0.857. The standard InChI is InChI=1S/C14H24N2O2/c1-13(2,3)16-11(17)10(8-9-4-5-9)14(6-7-14)12(15)18/h9-10H,4-8H2,1-3H3,(H2,15,18)(H,16,17)/t10-/m0/s1. The van der Waals surface area contributed by atoms with Crippen molar-refractivity contribution < 1.29 is 9.59 Å². The van der Waals surface area contributed by atoms with Gasteiger partial charge in [0.2, 0.25) is 11.8 Å². The van der Waals surface area contributed by atoms with Crippen LogP contribution in [0.1, 0.15) is 52.9 Å². The van der Waals surface area contributed by atoms with Crippen LogP contribution in [0.3, 0.4) is 0 Å². The summed E-state index contributed by atoms with van der Waals surface area (Å²) >= 11 is 0. The minimum absolute atomic E-state index is 0.00528. The van der Waals surface area contributed by atoms with Crippen molar-refractivity contribution in [2.75, 3.05) is 0 Å². The van der Waals surface area contributed by atoms with Crippen molar-refractivity contribution in [2.45, 2.75) is 58.4 Å². The Morgan fingerprint density at radius 2 is 1.89 bits per heavy atom. The predicted octanol–water partition coefficient (Wildman–Crippen LogP) is 1.58. The molecule has 0 heterocycles. The molecule has 0 spiro atoms. The molecule has 0 aliphatic heterocycles. The van der Waals surface area contributed by atoms with Gasteiger partial charge in [-0.3, -0.25) is 9.59 Å². The zero-order valence-corrected chi connectivity index (χ0v) is 11.6. The molecular weight excluding hydrogens is 228 g/mol. The van der Waals surface area contributed by atoms with Crippen LogP contribution in [0.2, 0.25) is 0 Å². The maximum atomic E-state index is 12.4. The van der Waals surface area contributed by atoms with Crippen molar-refractivity contribution in [1.29, 1.82) is 0 Å². The normalized spacial score (nSPS) is 23.3. The van der Waals surface area contributed by atoms with E-state index in [9.17, 15) is 9.59 Å². The summed E-state index contributed by atoms with van der Waals surface area (Å²) in [6.07, 6.45) is 4.75. The lowest BCUT2D eigenvalue weighted by molar-refractivity contribution is -0.136. The van der Waals surface area contributed by atoms with E-state index in [0.717, 1.165) is 19.3 Å². The minimum atomic E-state index is -0.544. The molecule has 0 saturated heterocycles. The van der Waals surface area contributed by atoms with Crippen molar-refractivity contribution in [3.05, 3.63) is 0 Å². The highest BCUT2D eigenvalue weighted by molar-refractivity contribution is 5.92. The Bertz CT molecular complexity index is 362. The lowest BCUT2D eigenvalue weighted by atomic mass is 9.82. The number of hydrogen-bond donors (Lipinski definition) is 2. The van der Waals surface area contributed by atoms with Gasteiger partial charge < -0.3 is 11.1 Å². The zero-order valence-electron chi connectivity index (χ0n) is 11.6. The monoisotopic (exact) mass is 252 g/mol. The van der Waals surface area contributed by atoms with Gasteiger partial charge in [0, 0.05) is 5.54 Å². The first-order valence-electron chi connectivity index (χ1n) is 6.86. The summed E-state index contributed by atoms with van der Waals surface area (Å²) in [4.78, 5) is 24.0. The van der Waals surface area contributed by atoms with Gasteiger partial charge in [-0.15, -0.1) is 0 Å². The lowest BCUT2D eigenvalue weighted by Gasteiger charge is -2.28. The molecule has 0 aromatic heterocycles. The molecule has 0 aromatic rings. The molecule has 2 aliphatic rings. The third-order valence-corrected chi connectivity index (χ3v) is 4.03. The second kappa shape index (κ2) is 4.25. The molecule has 0 aromatic carbocycles. The van der Waals surface area contributed by atoms with Crippen LogP contribution in [-0.4, -0.2) is 17.4 Å². The van der Waals surface area contributed by atoms with Crippen LogP contribution >= 0.6 is 0 Å². The smallest absolute Gasteiger partial charge is 0.224 e. The Kier molecular flexibility index (Phi) is 3.16. The Morgan fingerprint density at radius 1 is 1.33 bits per heavy atom. The molecule has 4 heteroatoms. The van der Waals surface area contributed by atoms with E-state index in [1.165, 1.54) is 12.8 Å². The van der Waals surface area contributed by atoms with Crippen molar-refractivity contribution in [2.24, 2.45) is 23.0 Å². The quantitative estimate of drug-likeness (QED) is 0.779. The predicted molar refractivity (Wildman–Crippen MR) is 69.6 cm³/mol. The summed E-state index contributed by atoms with van der Waals surface area (Å²) in [6.45, 7) is 5.88. The van der Waals surface area contributed by atoms with E-state index in [1.807, 2.05) is 20.8 Å². The summed E-state index contributed by atoms with van der Waals surface area (Å²) < 4.78 is 0. The number of rotatable bonds is 5. The molecule has 18 heavy (non-hydrogen) atoms. The Hall–Kier alpha value is -1.06. The van der Waals surface area contributed by atoms with E-state index >= 15 is 0 Å². The van der Waals surface area contributed by atoms with Gasteiger partial charge in [0.25, 0.3) is 0 Å². The molecule has 2 rings (SSSR count). The zero-order chi connectivity index (χ0) is 13.6. The van der Waals surface area contributed by atoms with E-state index in [1.54, 1.807) is 0 Å². The molecule has 0 radical (unpaired) electrons. The number of nitrogens with two attached hydrogens (primary N) is 1. The fourth-order valence-electron chi connectivity index (χ4n) is 2.63. The average molecular weight is 252 g/mol. The number of carbonyl (C=O) groups excluding carboxylic acids is 2. The number of amides is 2. The van der Waals surface area contributed by atoms with Crippen LogP contribution < -0.4 is 11.1 Å². The molecule has 0 unspecified atom stereocenters. The highest BCUT2D eigenvalue weighted by Crippen LogP contribution is 2.55. The van der Waals surface area contributed by atoms with Gasteiger partial charge in [0.1, 0.15) is 0 Å². The largest absolute Gasteiger partial charge is 0.369 e. The maximum Gasteiger partial charge on any atom is 0.224 e. The highest BCUT2D eigenvalue weighted by atomic mass is 16.2. The summed E-state index contributed by atoms with van der Waals surface area (Å²) in [6, 6.07) is 0. The molecule has 4 nitrogen and oxygen atoms in total.